The third-order valence-corrected chi connectivity index (χ3v) is 7.94. The van der Waals surface area contributed by atoms with E-state index >= 15 is 0 Å². The Bertz CT molecular complexity index is 1200. The molecule has 2 aliphatic carbocycles. The summed E-state index contributed by atoms with van der Waals surface area (Å²) in [5.74, 6) is 0. The molecule has 31 heavy (non-hydrogen) atoms. The lowest BCUT2D eigenvalue weighted by atomic mass is 9.67. The Morgan fingerprint density at radius 3 is 1.39 bits per heavy atom. The van der Waals surface area contributed by atoms with Crippen molar-refractivity contribution in [3.05, 3.63) is 118 Å². The molecular weight excluding hydrogens is 372 g/mol. The van der Waals surface area contributed by atoms with Gasteiger partial charge in [0, 0.05) is 5.41 Å². The van der Waals surface area contributed by atoms with Gasteiger partial charge in [0.25, 0.3) is 0 Å². The second-order valence-electron chi connectivity index (χ2n) is 9.12. The Kier molecular flexibility index (Phi) is 4.18. The highest BCUT2D eigenvalue weighted by Crippen LogP contribution is 2.50. The first-order valence-electron chi connectivity index (χ1n) is 11.7. The first-order valence-corrected chi connectivity index (χ1v) is 11.7. The second kappa shape index (κ2) is 6.95. The summed E-state index contributed by atoms with van der Waals surface area (Å²) < 4.78 is 0. The summed E-state index contributed by atoms with van der Waals surface area (Å²) >= 11 is 0. The van der Waals surface area contributed by atoms with Crippen molar-refractivity contribution in [2.75, 3.05) is 0 Å². The fourth-order valence-corrected chi connectivity index (χ4v) is 6.37. The van der Waals surface area contributed by atoms with Gasteiger partial charge in [0.05, 0.1) is 0 Å². The molecule has 0 aromatic heterocycles. The van der Waals surface area contributed by atoms with Crippen LogP contribution >= 0.6 is 0 Å². The van der Waals surface area contributed by atoms with Gasteiger partial charge >= 0.3 is 0 Å². The molecule has 0 fully saturated rings. The molecule has 0 spiro atoms. The molecule has 0 nitrogen and oxygen atoms in total. The molecule has 0 radical (unpaired) electrons. The summed E-state index contributed by atoms with van der Waals surface area (Å²) in [7, 11) is 0. The molecule has 0 saturated heterocycles. The first kappa shape index (κ1) is 18.6. The highest BCUT2D eigenvalue weighted by molar-refractivity contribution is 5.81. The average Bonchev–Trinajstić information content (AvgIpc) is 3.39. The molecule has 152 valence electrons. The number of hydrogen-bond acceptors (Lipinski definition) is 0. The van der Waals surface area contributed by atoms with E-state index in [9.17, 15) is 0 Å². The van der Waals surface area contributed by atoms with Crippen LogP contribution in [0, 0.1) is 0 Å². The van der Waals surface area contributed by atoms with Crippen LogP contribution in [0.2, 0.25) is 0 Å². The van der Waals surface area contributed by atoms with Crippen LogP contribution in [-0.4, -0.2) is 0 Å². The predicted molar refractivity (Wildman–Crippen MR) is 131 cm³/mol. The average molecular weight is 401 g/mol. The van der Waals surface area contributed by atoms with Crippen LogP contribution in [0.5, 0.6) is 0 Å². The van der Waals surface area contributed by atoms with Crippen molar-refractivity contribution in [1.29, 1.82) is 0 Å². The summed E-state index contributed by atoms with van der Waals surface area (Å²) in [4.78, 5) is 0. The molecule has 0 bridgehead atoms. The van der Waals surface area contributed by atoms with Gasteiger partial charge in [-0.05, 0) is 81.3 Å². The topological polar surface area (TPSA) is 0 Å². The van der Waals surface area contributed by atoms with Crippen molar-refractivity contribution in [2.24, 2.45) is 0 Å². The molecule has 0 amide bonds. The highest BCUT2D eigenvalue weighted by atomic mass is 14.4. The minimum Gasteiger partial charge on any atom is -0.0642 e. The lowest BCUT2D eigenvalue weighted by Crippen LogP contribution is -2.29. The summed E-state index contributed by atoms with van der Waals surface area (Å²) in [5, 5.41) is 0. The van der Waals surface area contributed by atoms with E-state index in [0.29, 0.717) is 0 Å². The molecule has 2 aliphatic rings. The minimum absolute atomic E-state index is 0.0424. The van der Waals surface area contributed by atoms with Gasteiger partial charge in [-0.1, -0.05) is 98.8 Å². The van der Waals surface area contributed by atoms with Crippen molar-refractivity contribution < 1.29 is 0 Å². The summed E-state index contributed by atoms with van der Waals surface area (Å²) in [6.45, 7) is 4.76. The predicted octanol–water partition coefficient (Wildman–Crippen LogP) is 7.94. The van der Waals surface area contributed by atoms with Gasteiger partial charge in [-0.15, -0.1) is 0 Å². The standard InChI is InChI=1S/C31H28/c1-3-31(4-2,29-17-9-15-25-23-13-7-5-11-21(23)19-27(25)29)30-18-10-16-26-24-14-8-6-12-22(24)20-28(26)30/h5-18H,3-4,19-20H2,1-2H3. The first-order chi connectivity index (χ1) is 15.3. The lowest BCUT2D eigenvalue weighted by molar-refractivity contribution is 0.472. The monoisotopic (exact) mass is 400 g/mol. The van der Waals surface area contributed by atoms with Crippen molar-refractivity contribution in [3.63, 3.8) is 0 Å². The molecule has 0 heterocycles. The van der Waals surface area contributed by atoms with Gasteiger partial charge in [-0.2, -0.15) is 0 Å². The van der Waals surface area contributed by atoms with Gasteiger partial charge < -0.3 is 0 Å². The molecule has 4 aromatic carbocycles. The summed E-state index contributed by atoms with van der Waals surface area (Å²) in [5.41, 5.74) is 14.9. The number of hydrogen-bond donors (Lipinski definition) is 0. The van der Waals surface area contributed by atoms with E-state index < -0.39 is 0 Å². The Balaban J connectivity index is 1.58. The van der Waals surface area contributed by atoms with E-state index in [1.807, 2.05) is 0 Å². The molecule has 0 heteroatoms. The maximum absolute atomic E-state index is 2.42. The lowest BCUT2D eigenvalue weighted by Gasteiger charge is -2.37. The zero-order chi connectivity index (χ0) is 21.0. The number of benzene rings is 4. The van der Waals surface area contributed by atoms with Gasteiger partial charge in [0.2, 0.25) is 0 Å². The largest absolute Gasteiger partial charge is 0.0642 e. The van der Waals surface area contributed by atoms with Crippen LogP contribution < -0.4 is 0 Å². The SMILES string of the molecule is CCC(CC)(c1cccc2c1Cc1ccccc1-2)c1cccc2c1Cc1ccccc1-2. The third kappa shape index (κ3) is 2.54. The Labute approximate surface area is 185 Å². The normalized spacial score (nSPS) is 13.5. The van der Waals surface area contributed by atoms with Crippen LogP contribution in [0.15, 0.2) is 84.9 Å². The van der Waals surface area contributed by atoms with E-state index in [4.69, 9.17) is 0 Å². The van der Waals surface area contributed by atoms with E-state index in [-0.39, 0.29) is 5.41 Å². The molecule has 6 rings (SSSR count). The van der Waals surface area contributed by atoms with E-state index in [0.717, 1.165) is 25.7 Å². The van der Waals surface area contributed by atoms with Crippen LogP contribution in [0.3, 0.4) is 0 Å². The van der Waals surface area contributed by atoms with Crippen LogP contribution in [0.25, 0.3) is 22.3 Å². The fourth-order valence-electron chi connectivity index (χ4n) is 6.37. The maximum Gasteiger partial charge on any atom is 0.0203 e. The van der Waals surface area contributed by atoms with Crippen molar-refractivity contribution >= 4 is 0 Å². The second-order valence-corrected chi connectivity index (χ2v) is 9.12. The molecule has 0 atom stereocenters. The van der Waals surface area contributed by atoms with E-state index in [1.165, 1.54) is 44.5 Å². The van der Waals surface area contributed by atoms with E-state index in [2.05, 4.69) is 98.8 Å². The van der Waals surface area contributed by atoms with Crippen molar-refractivity contribution in [1.82, 2.24) is 0 Å². The Hall–Kier alpha value is -3.12. The molecule has 0 unspecified atom stereocenters. The molecule has 4 aromatic rings. The molecule has 0 N–H and O–H groups in total. The maximum atomic E-state index is 2.42. The highest BCUT2D eigenvalue weighted by Gasteiger charge is 2.38. The van der Waals surface area contributed by atoms with Gasteiger partial charge in [-0.25, -0.2) is 0 Å². The smallest absolute Gasteiger partial charge is 0.0203 e. The molecule has 0 saturated carbocycles. The van der Waals surface area contributed by atoms with E-state index in [1.54, 1.807) is 11.1 Å². The molecule has 0 aliphatic heterocycles. The minimum atomic E-state index is 0.0424. The quantitative estimate of drug-likeness (QED) is 0.282. The Morgan fingerprint density at radius 1 is 0.516 bits per heavy atom. The number of fused-ring (bicyclic) bond motifs is 6. The van der Waals surface area contributed by atoms with Crippen molar-refractivity contribution in [3.8, 4) is 22.3 Å². The van der Waals surface area contributed by atoms with Gasteiger partial charge in [-0.3, -0.25) is 0 Å². The Morgan fingerprint density at radius 2 is 0.935 bits per heavy atom. The van der Waals surface area contributed by atoms with Crippen LogP contribution in [0.4, 0.5) is 0 Å². The van der Waals surface area contributed by atoms with Crippen molar-refractivity contribution in [2.45, 2.75) is 44.9 Å². The summed E-state index contributed by atoms with van der Waals surface area (Å²) in [6.07, 6.45) is 4.34. The zero-order valence-corrected chi connectivity index (χ0v) is 18.4. The zero-order valence-electron chi connectivity index (χ0n) is 18.4. The summed E-state index contributed by atoms with van der Waals surface area (Å²) in [6, 6.07) is 32.0. The van der Waals surface area contributed by atoms with Gasteiger partial charge in [0.15, 0.2) is 0 Å². The number of rotatable bonds is 4. The van der Waals surface area contributed by atoms with Crippen LogP contribution in [-0.2, 0) is 18.3 Å². The van der Waals surface area contributed by atoms with Crippen LogP contribution in [0.1, 0.15) is 60.1 Å². The molecular formula is C31H28. The fraction of sp³-hybridized carbons (Fsp3) is 0.226. The third-order valence-electron chi connectivity index (χ3n) is 7.94. The van der Waals surface area contributed by atoms with Gasteiger partial charge in [0.1, 0.15) is 0 Å².